The van der Waals surface area contributed by atoms with E-state index in [1.54, 1.807) is 19.1 Å². The van der Waals surface area contributed by atoms with E-state index in [0.29, 0.717) is 50.3 Å². The summed E-state index contributed by atoms with van der Waals surface area (Å²) in [5.41, 5.74) is -0.137. The van der Waals surface area contributed by atoms with E-state index in [1.165, 1.54) is 7.11 Å². The van der Waals surface area contributed by atoms with Crippen LogP contribution < -0.4 is 9.64 Å². The van der Waals surface area contributed by atoms with Crippen molar-refractivity contribution in [3.8, 4) is 11.5 Å². The summed E-state index contributed by atoms with van der Waals surface area (Å²) < 4.78 is 94.0. The molecule has 0 bridgehead atoms. The number of carbonyl (C=O) groups is 2. The number of anilines is 1. The predicted octanol–water partition coefficient (Wildman–Crippen LogP) is 8.39. The summed E-state index contributed by atoms with van der Waals surface area (Å²) in [5, 5.41) is 21.2. The van der Waals surface area contributed by atoms with E-state index < -0.39 is 72.0 Å². The smallest absolute Gasteiger partial charge is 0.455 e. The van der Waals surface area contributed by atoms with E-state index >= 15 is 0 Å². The Morgan fingerprint density at radius 2 is 1.65 bits per heavy atom. The number of nitrogens with zero attached hydrogens (tertiary/aromatic N) is 1. The first-order chi connectivity index (χ1) is 24.0. The van der Waals surface area contributed by atoms with Crippen LogP contribution in [0.5, 0.6) is 11.5 Å². The number of alkyl halides is 6. The highest BCUT2D eigenvalue weighted by Gasteiger charge is 2.57. The molecule has 2 amide bonds. The molecule has 6 rings (SSSR count). The second kappa shape index (κ2) is 14.0. The van der Waals surface area contributed by atoms with Crippen LogP contribution in [0.3, 0.4) is 0 Å². The number of phenolic OH excluding ortho intramolecular Hbond substituents is 1. The molecule has 0 saturated carbocycles. The molecule has 2 aliphatic heterocycles. The fourth-order valence-corrected chi connectivity index (χ4v) is 8.14. The molecule has 2 heterocycles. The fraction of sp³-hybridized carbons (Fsp3) is 0.333. The number of methoxy groups -OCH3 is 1. The molecule has 268 valence electrons. The van der Waals surface area contributed by atoms with Crippen LogP contribution in [0.15, 0.2) is 71.8 Å². The van der Waals surface area contributed by atoms with Crippen molar-refractivity contribution in [2.45, 2.75) is 51.0 Å². The van der Waals surface area contributed by atoms with E-state index in [2.05, 4.69) is 0 Å². The number of allylic oxidation sites excluding steroid dienone is 2. The summed E-state index contributed by atoms with van der Waals surface area (Å²) >= 11 is 2.00. The zero-order chi connectivity index (χ0) is 37.0. The number of aromatic hydroxyl groups is 1. The van der Waals surface area contributed by atoms with Gasteiger partial charge in [0.1, 0.15) is 0 Å². The standard InChI is InChI=1S/C36H31BF6INO6/c1-18-10-25-31(34(48)45(33(25)47)24-15-22(35(38,39)40)14-23(16-24)36(41,42)43)26-17-37(49)51-28(30(18)26)9-8-21(20-6-4-3-5-7-20)11-19-12-27(44)32(46)29(13-19)50-2/h3-7,11-16,25-26,28,31,46,49H,8-10,17H2,1-2H3/b21-11-/t25-,26+,28-,31-/m1/s1. The Bertz CT molecular complexity index is 1900. The van der Waals surface area contributed by atoms with E-state index in [-0.39, 0.29) is 24.6 Å². The molecular weight excluding hydrogens is 794 g/mol. The molecule has 2 saturated heterocycles. The zero-order valence-electron chi connectivity index (χ0n) is 27.2. The lowest BCUT2D eigenvalue weighted by Gasteiger charge is -2.42. The van der Waals surface area contributed by atoms with E-state index in [0.717, 1.165) is 16.7 Å². The second-order valence-corrected chi connectivity index (χ2v) is 14.1. The first-order valence-corrected chi connectivity index (χ1v) is 17.1. The van der Waals surface area contributed by atoms with Crippen molar-refractivity contribution in [1.82, 2.24) is 0 Å². The van der Waals surface area contributed by atoms with Gasteiger partial charge in [-0.25, -0.2) is 4.90 Å². The van der Waals surface area contributed by atoms with Gasteiger partial charge in [0.2, 0.25) is 11.8 Å². The number of fused-ring (bicyclic) bond motifs is 3. The van der Waals surface area contributed by atoms with Crippen LogP contribution in [0, 0.1) is 21.3 Å². The summed E-state index contributed by atoms with van der Waals surface area (Å²) in [5.74, 6) is -4.38. The molecule has 0 spiro atoms. The molecule has 0 aromatic heterocycles. The van der Waals surface area contributed by atoms with Crippen LogP contribution in [0.2, 0.25) is 6.32 Å². The highest BCUT2D eigenvalue weighted by atomic mass is 127. The number of rotatable bonds is 7. The van der Waals surface area contributed by atoms with Crippen molar-refractivity contribution in [2.24, 2.45) is 17.8 Å². The lowest BCUT2D eigenvalue weighted by atomic mass is 9.58. The van der Waals surface area contributed by atoms with Gasteiger partial charge in [0.05, 0.1) is 45.4 Å². The number of benzene rings is 3. The van der Waals surface area contributed by atoms with Gasteiger partial charge in [0.15, 0.2) is 11.5 Å². The minimum Gasteiger partial charge on any atom is -0.504 e. The molecule has 7 nitrogen and oxygen atoms in total. The molecule has 3 aromatic rings. The molecule has 15 heteroatoms. The molecular formula is C36H31BF6INO6. The van der Waals surface area contributed by atoms with Crippen molar-refractivity contribution in [3.05, 3.63) is 97.6 Å². The normalized spacial score (nSPS) is 22.7. The molecule has 51 heavy (non-hydrogen) atoms. The summed E-state index contributed by atoms with van der Waals surface area (Å²) in [7, 11) is 0.106. The van der Waals surface area contributed by atoms with Gasteiger partial charge in [-0.05, 0) is 114 Å². The van der Waals surface area contributed by atoms with Gasteiger partial charge in [0.25, 0.3) is 0 Å². The number of phenols is 1. The Balaban J connectivity index is 1.32. The first kappa shape index (κ1) is 36.9. The van der Waals surface area contributed by atoms with Gasteiger partial charge in [-0.2, -0.15) is 26.3 Å². The Kier molecular flexibility index (Phi) is 10.1. The maximum atomic E-state index is 14.0. The van der Waals surface area contributed by atoms with Gasteiger partial charge in [-0.3, -0.25) is 9.59 Å². The van der Waals surface area contributed by atoms with Crippen LogP contribution in [-0.2, 0) is 26.6 Å². The Hall–Kier alpha value is -3.83. The van der Waals surface area contributed by atoms with Crippen LogP contribution in [0.4, 0.5) is 32.0 Å². The Labute approximate surface area is 303 Å². The molecule has 1 aliphatic carbocycles. The SMILES string of the molecule is COc1cc(/C=C(/CC[C@H]2OB(O)C[C@H]3C2=C(C)C[C@H]2C(=O)N(c4cc(C(F)(F)F)cc(C(F)(F)F)c4)C(=O)[C@H]23)c2ccccc2)cc(I)c1O. The third kappa shape index (κ3) is 7.29. The number of carbonyl (C=O) groups excluding carboxylic acids is 2. The fourth-order valence-electron chi connectivity index (χ4n) is 7.51. The van der Waals surface area contributed by atoms with Crippen LogP contribution in [0.25, 0.3) is 11.6 Å². The summed E-state index contributed by atoms with van der Waals surface area (Å²) in [6.07, 6.45) is -8.39. The van der Waals surface area contributed by atoms with Gasteiger partial charge in [0, 0.05) is 0 Å². The maximum Gasteiger partial charge on any atom is 0.455 e. The van der Waals surface area contributed by atoms with Crippen molar-refractivity contribution < 1.29 is 55.5 Å². The third-order valence-electron chi connectivity index (χ3n) is 9.71. The summed E-state index contributed by atoms with van der Waals surface area (Å²) in [4.78, 5) is 28.1. The predicted molar refractivity (Wildman–Crippen MR) is 185 cm³/mol. The van der Waals surface area contributed by atoms with Gasteiger partial charge in [-0.15, -0.1) is 0 Å². The minimum atomic E-state index is -5.17. The molecule has 0 radical (unpaired) electrons. The third-order valence-corrected chi connectivity index (χ3v) is 10.5. The largest absolute Gasteiger partial charge is 0.504 e. The number of halogens is 7. The van der Waals surface area contributed by atoms with E-state index in [1.807, 2.05) is 59.0 Å². The molecule has 2 N–H and O–H groups in total. The van der Waals surface area contributed by atoms with Crippen molar-refractivity contribution in [1.29, 1.82) is 0 Å². The Morgan fingerprint density at radius 3 is 2.25 bits per heavy atom. The molecule has 4 atom stereocenters. The van der Waals surface area contributed by atoms with Crippen molar-refractivity contribution in [2.75, 3.05) is 12.0 Å². The number of imide groups is 1. The van der Waals surface area contributed by atoms with Crippen LogP contribution in [0.1, 0.15) is 48.4 Å². The summed E-state index contributed by atoms with van der Waals surface area (Å²) in [6, 6.07) is 13.7. The number of hydrogen-bond acceptors (Lipinski definition) is 6. The van der Waals surface area contributed by atoms with Crippen molar-refractivity contribution in [3.63, 3.8) is 0 Å². The van der Waals surface area contributed by atoms with E-state index in [4.69, 9.17) is 9.39 Å². The minimum absolute atomic E-state index is 0.0116. The monoisotopic (exact) mass is 825 g/mol. The number of hydrogen-bond donors (Lipinski definition) is 2. The molecule has 2 fully saturated rings. The number of ether oxygens (including phenoxy) is 1. The van der Waals surface area contributed by atoms with Gasteiger partial charge in [-0.1, -0.05) is 42.0 Å². The molecule has 0 unspecified atom stereocenters. The van der Waals surface area contributed by atoms with Crippen molar-refractivity contribution >= 4 is 58.9 Å². The highest BCUT2D eigenvalue weighted by Crippen LogP contribution is 2.52. The second-order valence-electron chi connectivity index (χ2n) is 12.9. The lowest BCUT2D eigenvalue weighted by molar-refractivity contribution is -0.143. The molecule has 3 aliphatic rings. The topological polar surface area (TPSA) is 96.3 Å². The highest BCUT2D eigenvalue weighted by molar-refractivity contribution is 14.1. The lowest BCUT2D eigenvalue weighted by Crippen LogP contribution is -2.46. The van der Waals surface area contributed by atoms with Gasteiger partial charge >= 0.3 is 19.5 Å². The number of amides is 2. The first-order valence-electron chi connectivity index (χ1n) is 16.0. The average molecular weight is 825 g/mol. The van der Waals surface area contributed by atoms with Crippen LogP contribution >= 0.6 is 22.6 Å². The maximum absolute atomic E-state index is 14.0. The molecule has 3 aromatic carbocycles. The van der Waals surface area contributed by atoms with Gasteiger partial charge < -0.3 is 19.5 Å². The van der Waals surface area contributed by atoms with E-state index in [9.17, 15) is 46.1 Å². The average Bonchev–Trinajstić information content (AvgIpc) is 3.32. The zero-order valence-corrected chi connectivity index (χ0v) is 29.3. The Morgan fingerprint density at radius 1 is 1.00 bits per heavy atom. The summed E-state index contributed by atoms with van der Waals surface area (Å²) in [6.45, 7) is 1.76. The van der Waals surface area contributed by atoms with Crippen LogP contribution in [-0.4, -0.2) is 42.3 Å². The quantitative estimate of drug-likeness (QED) is 0.0621.